The van der Waals surface area contributed by atoms with Crippen molar-refractivity contribution in [3.05, 3.63) is 46.5 Å². The second-order valence-corrected chi connectivity index (χ2v) is 6.88. The van der Waals surface area contributed by atoms with Crippen molar-refractivity contribution >= 4 is 23.1 Å². The number of primary amides is 1. The van der Waals surface area contributed by atoms with Gasteiger partial charge in [0.05, 0.1) is 17.2 Å². The van der Waals surface area contributed by atoms with Gasteiger partial charge in [-0.3, -0.25) is 9.59 Å². The Morgan fingerprint density at radius 1 is 1.10 bits per heavy atom. The molecule has 2 aromatic rings. The molecule has 0 saturated heterocycles. The Bertz CT molecular complexity index is 927. The van der Waals surface area contributed by atoms with Crippen molar-refractivity contribution < 1.29 is 24.5 Å². The maximum Gasteiger partial charge on any atom is 0.251 e. The van der Waals surface area contributed by atoms with Gasteiger partial charge in [0.2, 0.25) is 0 Å². The second-order valence-electron chi connectivity index (χ2n) is 6.88. The first-order chi connectivity index (χ1) is 13.7. The van der Waals surface area contributed by atoms with E-state index in [1.165, 1.54) is 19.1 Å². The zero-order valence-corrected chi connectivity index (χ0v) is 16.6. The number of ether oxygens (including phenoxy) is 1. The minimum absolute atomic E-state index is 0.00969. The Morgan fingerprint density at radius 3 is 2.34 bits per heavy atom. The number of phenols is 1. The Balaban J connectivity index is 2.21. The third-order valence-corrected chi connectivity index (χ3v) is 4.62. The van der Waals surface area contributed by atoms with Gasteiger partial charge in [-0.05, 0) is 43.2 Å². The number of nitrogens with two attached hydrogens (primary N) is 3. The van der Waals surface area contributed by atoms with Gasteiger partial charge in [-0.15, -0.1) is 0 Å². The van der Waals surface area contributed by atoms with Crippen LogP contribution in [0.1, 0.15) is 52.1 Å². The van der Waals surface area contributed by atoms with E-state index in [0.717, 1.165) is 6.42 Å². The van der Waals surface area contributed by atoms with Crippen LogP contribution in [0, 0.1) is 0 Å². The Kier molecular flexibility index (Phi) is 7.06. The molecule has 0 saturated carbocycles. The molecule has 0 heterocycles. The molecule has 0 fully saturated rings. The van der Waals surface area contributed by atoms with Crippen LogP contribution in [0.15, 0.2) is 24.3 Å². The molecule has 0 aliphatic rings. The van der Waals surface area contributed by atoms with Crippen LogP contribution in [0.4, 0.5) is 11.4 Å². The third-order valence-electron chi connectivity index (χ3n) is 4.62. The van der Waals surface area contributed by atoms with Crippen LogP contribution >= 0.6 is 0 Å². The van der Waals surface area contributed by atoms with Gasteiger partial charge in [0.15, 0.2) is 5.78 Å². The van der Waals surface area contributed by atoms with E-state index in [2.05, 4.69) is 0 Å². The second kappa shape index (κ2) is 9.29. The van der Waals surface area contributed by atoms with Gasteiger partial charge in [0.25, 0.3) is 5.91 Å². The molecule has 0 radical (unpaired) electrons. The molecule has 0 aliphatic carbocycles. The lowest BCUT2D eigenvalue weighted by atomic mass is 9.97. The van der Waals surface area contributed by atoms with E-state index in [1.807, 2.05) is 6.92 Å². The van der Waals surface area contributed by atoms with Crippen molar-refractivity contribution in [1.29, 1.82) is 0 Å². The summed E-state index contributed by atoms with van der Waals surface area (Å²) in [7, 11) is 0. The van der Waals surface area contributed by atoms with Gasteiger partial charge in [-0.25, -0.2) is 0 Å². The summed E-state index contributed by atoms with van der Waals surface area (Å²) in [4.78, 5) is 23.4. The number of anilines is 2. The summed E-state index contributed by atoms with van der Waals surface area (Å²) in [6.07, 6.45) is 0.235. The summed E-state index contributed by atoms with van der Waals surface area (Å²) >= 11 is 0. The van der Waals surface area contributed by atoms with Crippen LogP contribution in [0.5, 0.6) is 11.5 Å². The molecular formula is C21H27N3O5. The van der Waals surface area contributed by atoms with E-state index in [-0.39, 0.29) is 41.4 Å². The molecule has 0 bridgehead atoms. The molecule has 0 aromatic heterocycles. The smallest absolute Gasteiger partial charge is 0.251 e. The minimum atomic E-state index is -1.01. The van der Waals surface area contributed by atoms with Crippen molar-refractivity contribution in [2.24, 2.45) is 5.73 Å². The van der Waals surface area contributed by atoms with Crippen molar-refractivity contribution in [2.45, 2.75) is 39.2 Å². The maximum atomic E-state index is 11.7. The zero-order valence-electron chi connectivity index (χ0n) is 16.6. The molecule has 1 amide bonds. The number of carbonyl (C=O) groups is 2. The fourth-order valence-electron chi connectivity index (χ4n) is 3.20. The van der Waals surface area contributed by atoms with Gasteiger partial charge in [0.1, 0.15) is 18.1 Å². The van der Waals surface area contributed by atoms with E-state index in [4.69, 9.17) is 21.9 Å². The number of ketones is 1. The van der Waals surface area contributed by atoms with Gasteiger partial charge >= 0.3 is 0 Å². The number of aromatic hydroxyl groups is 1. The first-order valence-corrected chi connectivity index (χ1v) is 9.30. The number of phenolic OH excluding ortho intramolecular Hbond substituents is 1. The van der Waals surface area contributed by atoms with E-state index < -0.39 is 12.0 Å². The average Bonchev–Trinajstić information content (AvgIpc) is 2.64. The first kappa shape index (κ1) is 22.0. The minimum Gasteiger partial charge on any atom is -0.507 e. The van der Waals surface area contributed by atoms with Crippen LogP contribution in [0.25, 0.3) is 0 Å². The highest BCUT2D eigenvalue weighted by atomic mass is 16.5. The third kappa shape index (κ3) is 4.97. The van der Waals surface area contributed by atoms with Crippen LogP contribution in [0.2, 0.25) is 0 Å². The molecule has 1 atom stereocenters. The molecule has 8 heteroatoms. The standard InChI is InChI=1S/C21H27N3O5/c1-3-4-14-18(8-5-13(11(2)25)20(14)27)29-10-12(26)9-15-16(22)6-7-17(23)19(15)21(24)28/h5-8,12,26-27H,3-4,9-10,22-23H2,1-2H3,(H2,24,28). The van der Waals surface area contributed by atoms with Gasteiger partial charge in [-0.2, -0.15) is 0 Å². The molecule has 1 unspecified atom stereocenters. The molecule has 156 valence electrons. The molecular weight excluding hydrogens is 374 g/mol. The van der Waals surface area contributed by atoms with Gasteiger partial charge in [0, 0.05) is 23.4 Å². The SMILES string of the molecule is CCCc1c(OCC(O)Cc2c(N)ccc(N)c2C(N)=O)ccc(C(C)=O)c1O. The number of aliphatic hydroxyl groups excluding tert-OH is 1. The van der Waals surface area contributed by atoms with Crippen molar-refractivity contribution in [2.75, 3.05) is 18.1 Å². The highest BCUT2D eigenvalue weighted by Gasteiger charge is 2.20. The summed E-state index contributed by atoms with van der Waals surface area (Å²) in [5, 5.41) is 20.8. The quantitative estimate of drug-likeness (QED) is 0.316. The molecule has 8 nitrogen and oxygen atoms in total. The van der Waals surface area contributed by atoms with Crippen LogP contribution in [0.3, 0.4) is 0 Å². The number of amides is 1. The van der Waals surface area contributed by atoms with Crippen LogP contribution in [-0.2, 0) is 12.8 Å². The van der Waals surface area contributed by atoms with E-state index in [1.54, 1.807) is 12.1 Å². The van der Waals surface area contributed by atoms with Crippen molar-refractivity contribution in [3.63, 3.8) is 0 Å². The fraction of sp³-hybridized carbons (Fsp3) is 0.333. The normalized spacial score (nSPS) is 11.8. The summed E-state index contributed by atoms with van der Waals surface area (Å²) in [5.74, 6) is -0.707. The number of aliphatic hydroxyl groups is 1. The maximum absolute atomic E-state index is 11.7. The number of carbonyl (C=O) groups excluding carboxylic acids is 2. The monoisotopic (exact) mass is 401 g/mol. The summed E-state index contributed by atoms with van der Waals surface area (Å²) in [6.45, 7) is 3.19. The van der Waals surface area contributed by atoms with E-state index in [0.29, 0.717) is 29.0 Å². The Morgan fingerprint density at radius 2 is 1.76 bits per heavy atom. The Labute approximate surface area is 169 Å². The number of rotatable bonds is 9. The molecule has 2 aromatic carbocycles. The predicted octanol–water partition coefficient (Wildman–Crippen LogP) is 1.79. The molecule has 29 heavy (non-hydrogen) atoms. The van der Waals surface area contributed by atoms with E-state index >= 15 is 0 Å². The largest absolute Gasteiger partial charge is 0.507 e. The number of hydrogen-bond acceptors (Lipinski definition) is 7. The Hall–Kier alpha value is -3.26. The summed E-state index contributed by atoms with van der Waals surface area (Å²) in [5.41, 5.74) is 18.8. The van der Waals surface area contributed by atoms with Gasteiger partial charge in [-0.1, -0.05) is 13.3 Å². The predicted molar refractivity (Wildman–Crippen MR) is 111 cm³/mol. The summed E-state index contributed by atoms with van der Waals surface area (Å²) in [6, 6.07) is 6.11. The highest BCUT2D eigenvalue weighted by Crippen LogP contribution is 2.33. The highest BCUT2D eigenvalue weighted by molar-refractivity contribution is 6.01. The number of hydrogen-bond donors (Lipinski definition) is 5. The van der Waals surface area contributed by atoms with Crippen LogP contribution < -0.4 is 21.9 Å². The lowest BCUT2D eigenvalue weighted by molar-refractivity contribution is 0.0983. The molecule has 8 N–H and O–H groups in total. The zero-order chi connectivity index (χ0) is 21.7. The van der Waals surface area contributed by atoms with Crippen molar-refractivity contribution in [1.82, 2.24) is 0 Å². The number of Topliss-reactive ketones (excluding diaryl/α,β-unsaturated/α-hetero) is 1. The van der Waals surface area contributed by atoms with Gasteiger partial charge < -0.3 is 32.2 Å². The summed E-state index contributed by atoms with van der Waals surface area (Å²) < 4.78 is 5.70. The lowest BCUT2D eigenvalue weighted by Crippen LogP contribution is -2.25. The fourth-order valence-corrected chi connectivity index (χ4v) is 3.20. The van der Waals surface area contributed by atoms with Crippen LogP contribution in [-0.4, -0.2) is 34.6 Å². The molecule has 0 spiro atoms. The number of nitrogen functional groups attached to an aromatic ring is 2. The molecule has 2 rings (SSSR count). The van der Waals surface area contributed by atoms with E-state index in [9.17, 15) is 19.8 Å². The average molecular weight is 401 g/mol. The van der Waals surface area contributed by atoms with Crippen molar-refractivity contribution in [3.8, 4) is 11.5 Å². The first-order valence-electron chi connectivity index (χ1n) is 9.30. The lowest BCUT2D eigenvalue weighted by Gasteiger charge is -2.19. The number of benzene rings is 2. The topological polar surface area (TPSA) is 162 Å². The molecule has 0 aliphatic heterocycles.